The van der Waals surface area contributed by atoms with Crippen LogP contribution in [0.2, 0.25) is 0 Å². The molecule has 1 aromatic heterocycles. The largest absolute Gasteiger partial charge is 0.266 e. The van der Waals surface area contributed by atoms with Crippen molar-refractivity contribution in [1.29, 1.82) is 0 Å². The van der Waals surface area contributed by atoms with Crippen molar-refractivity contribution in [2.45, 2.75) is 20.4 Å². The zero-order valence-electron chi connectivity index (χ0n) is 5.48. The van der Waals surface area contributed by atoms with E-state index in [0.717, 1.165) is 0 Å². The molecule has 0 saturated heterocycles. The summed E-state index contributed by atoms with van der Waals surface area (Å²) >= 11 is 0. The summed E-state index contributed by atoms with van der Waals surface area (Å²) in [5.74, 6) is -0.350. The molecule has 1 rings (SSSR count). The van der Waals surface area contributed by atoms with Gasteiger partial charge in [-0.05, 0) is 13.8 Å². The number of nitrogens with zero attached hydrogens (tertiary/aromatic N) is 2. The first-order valence-electron chi connectivity index (χ1n) is 2.86. The summed E-state index contributed by atoms with van der Waals surface area (Å²) in [5.41, 5.74) is 0.553. The van der Waals surface area contributed by atoms with Crippen LogP contribution in [0.5, 0.6) is 0 Å². The third kappa shape index (κ3) is 0.943. The van der Waals surface area contributed by atoms with Gasteiger partial charge < -0.3 is 0 Å². The maximum atomic E-state index is 12.4. The molecule has 0 saturated carbocycles. The van der Waals surface area contributed by atoms with Gasteiger partial charge in [0.05, 0.1) is 5.69 Å². The summed E-state index contributed by atoms with van der Waals surface area (Å²) in [6.45, 7) is 4.29. The van der Waals surface area contributed by atoms with Gasteiger partial charge in [-0.1, -0.05) is 0 Å². The molecule has 0 spiro atoms. The fourth-order valence-corrected chi connectivity index (χ4v) is 0.681. The lowest BCUT2D eigenvalue weighted by Gasteiger charge is -1.95. The highest BCUT2D eigenvalue weighted by molar-refractivity contribution is 4.98. The Bertz CT molecular complexity index is 205. The van der Waals surface area contributed by atoms with Crippen LogP contribution in [0.1, 0.15) is 12.6 Å². The van der Waals surface area contributed by atoms with Gasteiger partial charge in [-0.3, -0.25) is 4.68 Å². The first-order valence-corrected chi connectivity index (χ1v) is 2.86. The molecule has 0 fully saturated rings. The van der Waals surface area contributed by atoms with Crippen LogP contribution in [0.4, 0.5) is 4.39 Å². The second-order valence-corrected chi connectivity index (χ2v) is 1.83. The Hall–Kier alpha value is -0.860. The maximum absolute atomic E-state index is 12.4. The molecule has 0 aromatic carbocycles. The SMILES string of the molecule is CCn1n[c]c(F)c1C. The number of halogens is 1. The van der Waals surface area contributed by atoms with E-state index < -0.39 is 0 Å². The van der Waals surface area contributed by atoms with Crippen LogP contribution < -0.4 is 0 Å². The highest BCUT2D eigenvalue weighted by atomic mass is 19.1. The molecule has 0 aliphatic rings. The maximum Gasteiger partial charge on any atom is 0.173 e. The van der Waals surface area contributed by atoms with Crippen LogP contribution in [0.25, 0.3) is 0 Å². The lowest BCUT2D eigenvalue weighted by Crippen LogP contribution is -1.98. The molecule has 1 heterocycles. The van der Waals surface area contributed by atoms with Crippen molar-refractivity contribution in [1.82, 2.24) is 9.78 Å². The number of hydrogen-bond acceptors (Lipinski definition) is 1. The van der Waals surface area contributed by atoms with Gasteiger partial charge in [-0.2, -0.15) is 5.10 Å². The van der Waals surface area contributed by atoms with Crippen molar-refractivity contribution >= 4 is 0 Å². The molecule has 0 amide bonds. The normalized spacial score (nSPS) is 10.1. The molecular formula is C6H8FN2. The van der Waals surface area contributed by atoms with Crippen molar-refractivity contribution in [3.05, 3.63) is 17.7 Å². The van der Waals surface area contributed by atoms with Gasteiger partial charge in [0.1, 0.15) is 0 Å². The van der Waals surface area contributed by atoms with Crippen LogP contribution in [0.15, 0.2) is 0 Å². The zero-order chi connectivity index (χ0) is 6.85. The average molecular weight is 127 g/mol. The Balaban J connectivity index is 3.04. The Morgan fingerprint density at radius 2 is 2.44 bits per heavy atom. The topological polar surface area (TPSA) is 17.8 Å². The molecule has 1 radical (unpaired) electrons. The van der Waals surface area contributed by atoms with Gasteiger partial charge in [-0.25, -0.2) is 4.39 Å². The molecule has 0 aliphatic carbocycles. The second kappa shape index (κ2) is 2.17. The highest BCUT2D eigenvalue weighted by Gasteiger charge is 2.02. The van der Waals surface area contributed by atoms with Crippen LogP contribution in [-0.4, -0.2) is 9.78 Å². The third-order valence-corrected chi connectivity index (χ3v) is 1.27. The Morgan fingerprint density at radius 1 is 1.78 bits per heavy atom. The van der Waals surface area contributed by atoms with E-state index in [9.17, 15) is 4.39 Å². The van der Waals surface area contributed by atoms with Crippen LogP contribution >= 0.6 is 0 Å². The molecular weight excluding hydrogens is 119 g/mol. The zero-order valence-corrected chi connectivity index (χ0v) is 5.48. The van der Waals surface area contributed by atoms with Gasteiger partial charge >= 0.3 is 0 Å². The van der Waals surface area contributed by atoms with E-state index in [1.165, 1.54) is 0 Å². The molecule has 3 heteroatoms. The number of aromatic nitrogens is 2. The van der Waals surface area contributed by atoms with Gasteiger partial charge in [0.15, 0.2) is 12.0 Å². The van der Waals surface area contributed by atoms with E-state index in [-0.39, 0.29) is 5.82 Å². The van der Waals surface area contributed by atoms with Crippen molar-refractivity contribution in [3.8, 4) is 0 Å². The van der Waals surface area contributed by atoms with E-state index in [2.05, 4.69) is 11.3 Å². The third-order valence-electron chi connectivity index (χ3n) is 1.27. The second-order valence-electron chi connectivity index (χ2n) is 1.83. The molecule has 0 atom stereocenters. The lowest BCUT2D eigenvalue weighted by atomic mass is 10.4. The van der Waals surface area contributed by atoms with Crippen molar-refractivity contribution < 1.29 is 4.39 Å². The van der Waals surface area contributed by atoms with Crippen molar-refractivity contribution in [3.63, 3.8) is 0 Å². The summed E-state index contributed by atoms with van der Waals surface area (Å²) in [7, 11) is 0. The monoisotopic (exact) mass is 127 g/mol. The molecule has 2 nitrogen and oxygen atoms in total. The van der Waals surface area contributed by atoms with Crippen LogP contribution in [0, 0.1) is 18.9 Å². The van der Waals surface area contributed by atoms with Gasteiger partial charge in [-0.15, -0.1) is 0 Å². The van der Waals surface area contributed by atoms with Gasteiger partial charge in [0.2, 0.25) is 0 Å². The fraction of sp³-hybridized carbons (Fsp3) is 0.500. The molecule has 0 unspecified atom stereocenters. The smallest absolute Gasteiger partial charge is 0.173 e. The molecule has 0 N–H and O–H groups in total. The highest BCUT2D eigenvalue weighted by Crippen LogP contribution is 2.01. The van der Waals surface area contributed by atoms with E-state index in [1.807, 2.05) is 6.92 Å². The first-order chi connectivity index (χ1) is 4.25. The Morgan fingerprint density at radius 3 is 2.67 bits per heavy atom. The van der Waals surface area contributed by atoms with Crippen molar-refractivity contribution in [2.75, 3.05) is 0 Å². The molecule has 0 aliphatic heterocycles. The number of hydrogen-bond donors (Lipinski definition) is 0. The summed E-state index contributed by atoms with van der Waals surface area (Å²) in [6.07, 6.45) is 2.23. The minimum Gasteiger partial charge on any atom is -0.266 e. The predicted octanol–water partition coefficient (Wildman–Crippen LogP) is 1.15. The standard InChI is InChI=1S/C6H8FN2/c1-3-9-5(2)6(7)4-8-9/h3H2,1-2H3. The first kappa shape index (κ1) is 6.26. The van der Waals surface area contributed by atoms with Crippen LogP contribution in [0.3, 0.4) is 0 Å². The number of aryl methyl sites for hydroxylation is 1. The summed E-state index contributed by atoms with van der Waals surface area (Å²) in [5, 5.41) is 3.65. The molecule has 0 bridgehead atoms. The van der Waals surface area contributed by atoms with E-state index in [4.69, 9.17) is 0 Å². The van der Waals surface area contributed by atoms with E-state index in [1.54, 1.807) is 11.6 Å². The fourth-order valence-electron chi connectivity index (χ4n) is 0.681. The molecule has 1 aromatic rings. The van der Waals surface area contributed by atoms with Gasteiger partial charge in [0.25, 0.3) is 0 Å². The number of rotatable bonds is 1. The van der Waals surface area contributed by atoms with Crippen molar-refractivity contribution in [2.24, 2.45) is 0 Å². The predicted molar refractivity (Wildman–Crippen MR) is 31.4 cm³/mol. The van der Waals surface area contributed by atoms with Crippen LogP contribution in [-0.2, 0) is 6.54 Å². The van der Waals surface area contributed by atoms with E-state index in [0.29, 0.717) is 12.2 Å². The quantitative estimate of drug-likeness (QED) is 0.553. The molecule has 49 valence electrons. The summed E-state index contributed by atoms with van der Waals surface area (Å²) < 4.78 is 14.0. The van der Waals surface area contributed by atoms with E-state index >= 15 is 0 Å². The summed E-state index contributed by atoms with van der Waals surface area (Å²) in [6, 6.07) is 0. The van der Waals surface area contributed by atoms with Gasteiger partial charge in [0, 0.05) is 6.54 Å². The summed E-state index contributed by atoms with van der Waals surface area (Å²) in [4.78, 5) is 0. The minimum absolute atomic E-state index is 0.350. The molecule has 9 heavy (non-hydrogen) atoms. The minimum atomic E-state index is -0.350. The Labute approximate surface area is 53.3 Å². The Kier molecular flexibility index (Phi) is 1.51. The average Bonchev–Trinajstić information content (AvgIpc) is 2.15. The lowest BCUT2D eigenvalue weighted by molar-refractivity contribution is 0.593.